The highest BCUT2D eigenvalue weighted by molar-refractivity contribution is 9.10. The number of nitrogens with one attached hydrogen (secondary N) is 1. The molecule has 0 amide bonds. The van der Waals surface area contributed by atoms with Crippen molar-refractivity contribution in [2.75, 3.05) is 18.6 Å². The molecule has 0 fully saturated rings. The summed E-state index contributed by atoms with van der Waals surface area (Å²) in [5.74, 6) is 3.85. The first kappa shape index (κ1) is 19.2. The molecule has 9 heteroatoms. The van der Waals surface area contributed by atoms with Gasteiger partial charge >= 0.3 is 0 Å². The monoisotopic (exact) mass is 418 g/mol. The Kier molecular flexibility index (Phi) is 6.93. The molecule has 0 saturated heterocycles. The average molecular weight is 419 g/mol. The summed E-state index contributed by atoms with van der Waals surface area (Å²) in [6.45, 7) is 2.46. The van der Waals surface area contributed by atoms with Crippen molar-refractivity contribution in [1.82, 2.24) is 4.98 Å². The Bertz CT molecular complexity index is 847. The van der Waals surface area contributed by atoms with Crippen LogP contribution in [0.15, 0.2) is 40.0 Å². The molecule has 0 aliphatic rings. The summed E-state index contributed by atoms with van der Waals surface area (Å²) in [5, 5.41) is 14.7. The van der Waals surface area contributed by atoms with E-state index in [4.69, 9.17) is 15.9 Å². The minimum absolute atomic E-state index is 0.0915. The van der Waals surface area contributed by atoms with Gasteiger partial charge in [0, 0.05) is 16.1 Å². The number of anilines is 1. The van der Waals surface area contributed by atoms with Gasteiger partial charge in [-0.2, -0.15) is 5.10 Å². The van der Waals surface area contributed by atoms with Crippen LogP contribution in [0.3, 0.4) is 0 Å². The highest BCUT2D eigenvalue weighted by Crippen LogP contribution is 2.33. The van der Waals surface area contributed by atoms with Crippen LogP contribution in [-0.2, 0) is 0 Å². The molecule has 0 aliphatic heterocycles. The third-order valence-electron chi connectivity index (χ3n) is 3.02. The Morgan fingerprint density at radius 2 is 2.19 bits per heavy atom. The Morgan fingerprint density at radius 3 is 2.81 bits per heavy atom. The number of pyridine rings is 1. The number of terminal acetylenes is 1. The van der Waals surface area contributed by atoms with Crippen LogP contribution in [0.2, 0.25) is 0 Å². The number of halogens is 1. The van der Waals surface area contributed by atoms with Gasteiger partial charge < -0.3 is 9.47 Å². The molecule has 1 N–H and O–H groups in total. The third-order valence-corrected chi connectivity index (χ3v) is 3.70. The van der Waals surface area contributed by atoms with Crippen LogP contribution in [0, 0.1) is 22.5 Å². The first-order chi connectivity index (χ1) is 12.5. The highest BCUT2D eigenvalue weighted by atomic mass is 79.9. The van der Waals surface area contributed by atoms with Gasteiger partial charge in [0.15, 0.2) is 11.5 Å². The van der Waals surface area contributed by atoms with E-state index in [1.165, 1.54) is 12.1 Å². The van der Waals surface area contributed by atoms with E-state index in [1.54, 1.807) is 18.3 Å². The first-order valence-corrected chi connectivity index (χ1v) is 8.26. The Hall–Kier alpha value is -3.12. The summed E-state index contributed by atoms with van der Waals surface area (Å²) in [5.41, 5.74) is 3.34. The molecular formula is C17H15BrN4O4. The fourth-order valence-electron chi connectivity index (χ4n) is 1.88. The van der Waals surface area contributed by atoms with Crippen molar-refractivity contribution in [2.24, 2.45) is 5.10 Å². The van der Waals surface area contributed by atoms with Crippen molar-refractivity contribution < 1.29 is 14.4 Å². The van der Waals surface area contributed by atoms with Gasteiger partial charge in [0.25, 0.3) is 5.69 Å². The van der Waals surface area contributed by atoms with Crippen LogP contribution in [0.5, 0.6) is 11.5 Å². The van der Waals surface area contributed by atoms with Crippen LogP contribution < -0.4 is 14.9 Å². The molecule has 1 aromatic carbocycles. The van der Waals surface area contributed by atoms with Crippen molar-refractivity contribution in [3.8, 4) is 23.8 Å². The molecule has 26 heavy (non-hydrogen) atoms. The zero-order valence-corrected chi connectivity index (χ0v) is 15.4. The average Bonchev–Trinajstić information content (AvgIpc) is 2.63. The first-order valence-electron chi connectivity index (χ1n) is 7.47. The lowest BCUT2D eigenvalue weighted by molar-refractivity contribution is -0.385. The van der Waals surface area contributed by atoms with Crippen molar-refractivity contribution in [2.45, 2.75) is 6.92 Å². The molecule has 0 unspecified atom stereocenters. The standard InChI is InChI=1S/C17H15BrN4O4/c1-3-7-26-16-9-14(18)12(8-15(16)25-4-2)10-20-21-17-6-5-13(11-19-17)22(23)24/h1,5-6,8-11H,4,7H2,2H3,(H,19,21)/b20-10+. The number of rotatable bonds is 8. The van der Waals surface area contributed by atoms with Crippen LogP contribution in [-0.4, -0.2) is 29.3 Å². The number of hydrazone groups is 1. The van der Waals surface area contributed by atoms with E-state index in [9.17, 15) is 10.1 Å². The summed E-state index contributed by atoms with van der Waals surface area (Å²) < 4.78 is 11.8. The topological polar surface area (TPSA) is 98.9 Å². The molecule has 1 heterocycles. The smallest absolute Gasteiger partial charge is 0.287 e. The SMILES string of the molecule is C#CCOc1cc(Br)c(/C=N/Nc2ccc([N+](=O)[O-])cn2)cc1OCC. The maximum atomic E-state index is 10.6. The third kappa shape index (κ3) is 5.19. The minimum atomic E-state index is -0.518. The lowest BCUT2D eigenvalue weighted by Gasteiger charge is -2.12. The normalized spacial score (nSPS) is 10.3. The van der Waals surface area contributed by atoms with Gasteiger partial charge in [0.05, 0.1) is 17.7 Å². The second-order valence-electron chi connectivity index (χ2n) is 4.78. The van der Waals surface area contributed by atoms with Crippen LogP contribution in [0.1, 0.15) is 12.5 Å². The molecule has 0 spiro atoms. The molecule has 2 aromatic rings. The zero-order chi connectivity index (χ0) is 18.9. The molecule has 134 valence electrons. The summed E-state index contributed by atoms with van der Waals surface area (Å²) in [6, 6.07) is 6.31. The summed E-state index contributed by atoms with van der Waals surface area (Å²) in [4.78, 5) is 14.0. The molecule has 1 aromatic heterocycles. The van der Waals surface area contributed by atoms with Gasteiger partial charge in [-0.15, -0.1) is 6.42 Å². The maximum Gasteiger partial charge on any atom is 0.287 e. The minimum Gasteiger partial charge on any atom is -0.490 e. The molecule has 0 bridgehead atoms. The molecular weight excluding hydrogens is 404 g/mol. The van der Waals surface area contributed by atoms with Gasteiger partial charge in [0.2, 0.25) is 0 Å². The molecule has 0 radical (unpaired) electrons. The predicted molar refractivity (Wildman–Crippen MR) is 102 cm³/mol. The van der Waals surface area contributed by atoms with Gasteiger partial charge in [-0.05, 0) is 41.1 Å². The Morgan fingerprint density at radius 1 is 1.42 bits per heavy atom. The predicted octanol–water partition coefficient (Wildman–Crippen LogP) is 3.61. The van der Waals surface area contributed by atoms with Crippen LogP contribution >= 0.6 is 15.9 Å². The fraction of sp³-hybridized carbons (Fsp3) is 0.176. The van der Waals surface area contributed by atoms with E-state index in [0.717, 1.165) is 16.2 Å². The lowest BCUT2D eigenvalue weighted by atomic mass is 10.2. The number of nitro groups is 1. The van der Waals surface area contributed by atoms with E-state index in [-0.39, 0.29) is 12.3 Å². The van der Waals surface area contributed by atoms with Gasteiger partial charge in [-0.3, -0.25) is 15.5 Å². The Balaban J connectivity index is 2.14. The summed E-state index contributed by atoms with van der Waals surface area (Å²) >= 11 is 3.44. The van der Waals surface area contributed by atoms with Crippen molar-refractivity contribution in [3.63, 3.8) is 0 Å². The molecule has 0 aliphatic carbocycles. The highest BCUT2D eigenvalue weighted by Gasteiger charge is 2.10. The fourth-order valence-corrected chi connectivity index (χ4v) is 2.30. The Labute approximate surface area is 158 Å². The molecule has 8 nitrogen and oxygen atoms in total. The van der Waals surface area contributed by atoms with Crippen LogP contribution in [0.25, 0.3) is 0 Å². The molecule has 2 rings (SSSR count). The largest absolute Gasteiger partial charge is 0.490 e. The number of nitrogens with zero attached hydrogens (tertiary/aromatic N) is 3. The lowest BCUT2D eigenvalue weighted by Crippen LogP contribution is -2.01. The van der Waals surface area contributed by atoms with Crippen molar-refractivity contribution in [1.29, 1.82) is 0 Å². The number of benzene rings is 1. The van der Waals surface area contributed by atoms with E-state index >= 15 is 0 Å². The summed E-state index contributed by atoms with van der Waals surface area (Å²) in [7, 11) is 0. The van der Waals surface area contributed by atoms with Crippen molar-refractivity contribution in [3.05, 3.63) is 50.6 Å². The summed E-state index contributed by atoms with van der Waals surface area (Å²) in [6.07, 6.45) is 7.92. The maximum absolute atomic E-state index is 10.6. The molecule has 0 atom stereocenters. The number of hydrogen-bond acceptors (Lipinski definition) is 7. The molecule has 0 saturated carbocycles. The second-order valence-corrected chi connectivity index (χ2v) is 5.63. The van der Waals surface area contributed by atoms with Gasteiger partial charge in [0.1, 0.15) is 18.6 Å². The van der Waals surface area contributed by atoms with Crippen molar-refractivity contribution >= 4 is 33.6 Å². The van der Waals surface area contributed by atoms with Gasteiger partial charge in [-0.25, -0.2) is 4.98 Å². The van der Waals surface area contributed by atoms with E-state index in [0.29, 0.717) is 23.9 Å². The number of ether oxygens (including phenoxy) is 2. The second kappa shape index (κ2) is 9.39. The van der Waals surface area contributed by atoms with Gasteiger partial charge in [-0.1, -0.05) is 5.92 Å². The van der Waals surface area contributed by atoms with E-state index < -0.39 is 4.92 Å². The zero-order valence-electron chi connectivity index (χ0n) is 13.8. The number of hydrogen-bond donors (Lipinski definition) is 1. The number of aromatic nitrogens is 1. The van der Waals surface area contributed by atoms with E-state index in [1.807, 2.05) is 6.92 Å². The van der Waals surface area contributed by atoms with E-state index in [2.05, 4.69) is 37.4 Å². The quantitative estimate of drug-likeness (QED) is 0.304. The van der Waals surface area contributed by atoms with Crippen LogP contribution in [0.4, 0.5) is 11.5 Å².